The Morgan fingerprint density at radius 2 is 2.17 bits per heavy atom. The van der Waals surface area contributed by atoms with Crippen molar-refractivity contribution >= 4 is 35.0 Å². The van der Waals surface area contributed by atoms with Crippen LogP contribution in [0.2, 0.25) is 0 Å². The number of carboxylic acids is 1. The lowest BCUT2D eigenvalue weighted by atomic mass is 10.1. The molecule has 0 spiro atoms. The monoisotopic (exact) mass is 349 g/mol. The van der Waals surface area contributed by atoms with Crippen LogP contribution in [0.4, 0.5) is 0 Å². The van der Waals surface area contributed by atoms with Crippen molar-refractivity contribution in [3.8, 4) is 0 Å². The standard InChI is InChI=1S/C16H19N3O4S/c1-2-7-23-10-12-5-3-11(4-6-12)9-17-19-16-18-15(22)13(24-16)8-14(20)21/h3-6,9,13H,2,7-8,10H2,1H3,(H,20,21)(H,18,19,22). The van der Waals surface area contributed by atoms with Gasteiger partial charge in [0.2, 0.25) is 5.91 Å². The minimum Gasteiger partial charge on any atom is -0.481 e. The SMILES string of the molecule is CCCOCc1ccc(C=NN=C2NC(=O)C(CC(=O)O)S2)cc1. The molecule has 2 N–H and O–H groups in total. The fourth-order valence-electron chi connectivity index (χ4n) is 1.93. The molecular formula is C16H19N3O4S. The van der Waals surface area contributed by atoms with E-state index in [1.54, 1.807) is 6.21 Å². The number of nitrogens with one attached hydrogen (secondary N) is 1. The van der Waals surface area contributed by atoms with Crippen LogP contribution in [0.1, 0.15) is 30.9 Å². The van der Waals surface area contributed by atoms with E-state index in [9.17, 15) is 9.59 Å². The zero-order valence-corrected chi connectivity index (χ0v) is 14.1. The highest BCUT2D eigenvalue weighted by molar-refractivity contribution is 8.15. The summed E-state index contributed by atoms with van der Waals surface area (Å²) in [5.41, 5.74) is 1.96. The highest BCUT2D eigenvalue weighted by Crippen LogP contribution is 2.22. The van der Waals surface area contributed by atoms with Gasteiger partial charge in [-0.05, 0) is 17.5 Å². The van der Waals surface area contributed by atoms with Gasteiger partial charge < -0.3 is 15.2 Å². The molecule has 0 bridgehead atoms. The zero-order valence-electron chi connectivity index (χ0n) is 13.3. The Balaban J connectivity index is 1.87. The van der Waals surface area contributed by atoms with E-state index in [2.05, 4.69) is 22.4 Å². The van der Waals surface area contributed by atoms with E-state index in [4.69, 9.17) is 9.84 Å². The molecule has 0 aliphatic carbocycles. The van der Waals surface area contributed by atoms with Crippen LogP contribution >= 0.6 is 11.8 Å². The fourth-order valence-corrected chi connectivity index (χ4v) is 2.84. The number of hydrogen-bond acceptors (Lipinski definition) is 6. The van der Waals surface area contributed by atoms with Crippen LogP contribution in [-0.2, 0) is 20.9 Å². The second kappa shape index (κ2) is 9.19. The van der Waals surface area contributed by atoms with Crippen molar-refractivity contribution in [3.63, 3.8) is 0 Å². The molecule has 7 nitrogen and oxygen atoms in total. The third kappa shape index (κ3) is 5.78. The van der Waals surface area contributed by atoms with Crippen molar-refractivity contribution in [3.05, 3.63) is 35.4 Å². The number of carbonyl (C=O) groups excluding carboxylic acids is 1. The first-order valence-electron chi connectivity index (χ1n) is 7.55. The fraction of sp³-hybridized carbons (Fsp3) is 0.375. The summed E-state index contributed by atoms with van der Waals surface area (Å²) in [6.07, 6.45) is 2.33. The van der Waals surface area contributed by atoms with Crippen molar-refractivity contribution in [2.45, 2.75) is 31.6 Å². The molecule has 0 radical (unpaired) electrons. The highest BCUT2D eigenvalue weighted by atomic mass is 32.2. The van der Waals surface area contributed by atoms with Gasteiger partial charge in [0.25, 0.3) is 0 Å². The molecule has 0 saturated carbocycles. The van der Waals surface area contributed by atoms with E-state index in [-0.39, 0.29) is 12.3 Å². The van der Waals surface area contributed by atoms with Gasteiger partial charge in [0.15, 0.2) is 5.17 Å². The summed E-state index contributed by atoms with van der Waals surface area (Å²) in [7, 11) is 0. The minimum atomic E-state index is -1.02. The van der Waals surface area contributed by atoms with Crippen LogP contribution in [0.3, 0.4) is 0 Å². The van der Waals surface area contributed by atoms with Gasteiger partial charge in [-0.15, -0.1) is 5.10 Å². The lowest BCUT2D eigenvalue weighted by Gasteiger charge is -2.02. The molecule has 8 heteroatoms. The van der Waals surface area contributed by atoms with Gasteiger partial charge in [0.1, 0.15) is 5.25 Å². The molecule has 1 amide bonds. The topological polar surface area (TPSA) is 100 Å². The molecule has 1 aromatic carbocycles. The highest BCUT2D eigenvalue weighted by Gasteiger charge is 2.32. The summed E-state index contributed by atoms with van der Waals surface area (Å²) in [6, 6.07) is 7.72. The molecule has 1 atom stereocenters. The lowest BCUT2D eigenvalue weighted by Crippen LogP contribution is -2.26. The van der Waals surface area contributed by atoms with Gasteiger partial charge >= 0.3 is 5.97 Å². The predicted molar refractivity (Wildman–Crippen MR) is 93.2 cm³/mol. The molecule has 1 aliphatic rings. The van der Waals surface area contributed by atoms with Gasteiger partial charge in [-0.2, -0.15) is 5.10 Å². The molecule has 128 valence electrons. The summed E-state index contributed by atoms with van der Waals surface area (Å²) in [5, 5.41) is 18.7. The average Bonchev–Trinajstić information content (AvgIpc) is 2.88. The molecule has 1 fully saturated rings. The Labute approximate surface area is 144 Å². The first-order valence-corrected chi connectivity index (χ1v) is 8.43. The van der Waals surface area contributed by atoms with Crippen LogP contribution in [0, 0.1) is 0 Å². The number of hydrogen-bond donors (Lipinski definition) is 2. The summed E-state index contributed by atoms with van der Waals surface area (Å²) >= 11 is 1.07. The number of nitrogens with zero attached hydrogens (tertiary/aromatic N) is 2. The van der Waals surface area contributed by atoms with Gasteiger partial charge in [-0.1, -0.05) is 43.0 Å². The Kier molecular flexibility index (Phi) is 6.95. The maximum Gasteiger partial charge on any atom is 0.305 e. The molecule has 1 heterocycles. The number of aliphatic carboxylic acids is 1. The van der Waals surface area contributed by atoms with Crippen molar-refractivity contribution in [1.82, 2.24) is 5.32 Å². The third-order valence-electron chi connectivity index (χ3n) is 3.09. The number of amides is 1. The smallest absolute Gasteiger partial charge is 0.305 e. The van der Waals surface area contributed by atoms with Gasteiger partial charge in [-0.25, -0.2) is 0 Å². The molecule has 1 aliphatic heterocycles. The van der Waals surface area contributed by atoms with Crippen LogP contribution in [-0.4, -0.2) is 40.2 Å². The normalized spacial score (nSPS) is 19.1. The Morgan fingerprint density at radius 1 is 1.42 bits per heavy atom. The molecule has 24 heavy (non-hydrogen) atoms. The van der Waals surface area contributed by atoms with Gasteiger partial charge in [0, 0.05) is 6.61 Å². The number of carbonyl (C=O) groups is 2. The second-order valence-electron chi connectivity index (χ2n) is 5.14. The number of ether oxygens (including phenoxy) is 1. The molecule has 2 rings (SSSR count). The summed E-state index contributed by atoms with van der Waals surface area (Å²) in [6.45, 7) is 3.39. The largest absolute Gasteiger partial charge is 0.481 e. The quantitative estimate of drug-likeness (QED) is 0.425. The zero-order chi connectivity index (χ0) is 17.4. The van der Waals surface area contributed by atoms with Crippen LogP contribution < -0.4 is 5.32 Å². The van der Waals surface area contributed by atoms with E-state index in [0.29, 0.717) is 11.8 Å². The Bertz CT molecular complexity index is 643. The van der Waals surface area contributed by atoms with Gasteiger partial charge in [0.05, 0.1) is 19.2 Å². The third-order valence-corrected chi connectivity index (χ3v) is 4.16. The van der Waals surface area contributed by atoms with Gasteiger partial charge in [-0.3, -0.25) is 9.59 Å². The number of amidine groups is 1. The second-order valence-corrected chi connectivity index (χ2v) is 6.33. The van der Waals surface area contributed by atoms with E-state index in [1.807, 2.05) is 24.3 Å². The van der Waals surface area contributed by atoms with Crippen molar-refractivity contribution < 1.29 is 19.4 Å². The van der Waals surface area contributed by atoms with Crippen LogP contribution in [0.15, 0.2) is 34.5 Å². The van der Waals surface area contributed by atoms with Crippen LogP contribution in [0.25, 0.3) is 0 Å². The molecule has 1 saturated heterocycles. The molecule has 1 unspecified atom stereocenters. The number of rotatable bonds is 8. The summed E-state index contributed by atoms with van der Waals surface area (Å²) in [5.74, 6) is -1.37. The van der Waals surface area contributed by atoms with Crippen molar-refractivity contribution in [1.29, 1.82) is 0 Å². The first kappa shape index (κ1) is 18.2. The van der Waals surface area contributed by atoms with E-state index >= 15 is 0 Å². The van der Waals surface area contributed by atoms with E-state index in [1.165, 1.54) is 0 Å². The molecule has 0 aromatic heterocycles. The Morgan fingerprint density at radius 3 is 2.83 bits per heavy atom. The maximum atomic E-state index is 11.6. The predicted octanol–water partition coefficient (Wildman–Crippen LogP) is 2.01. The maximum absolute atomic E-state index is 11.6. The number of thioether (sulfide) groups is 1. The summed E-state index contributed by atoms with van der Waals surface area (Å²) in [4.78, 5) is 22.2. The average molecular weight is 349 g/mol. The summed E-state index contributed by atoms with van der Waals surface area (Å²) < 4.78 is 5.46. The lowest BCUT2D eigenvalue weighted by molar-refractivity contribution is -0.138. The Hall–Kier alpha value is -2.19. The number of carboxylic acid groups (broad SMARTS) is 1. The minimum absolute atomic E-state index is 0.235. The van der Waals surface area contributed by atoms with E-state index < -0.39 is 11.2 Å². The van der Waals surface area contributed by atoms with Crippen LogP contribution in [0.5, 0.6) is 0 Å². The van der Waals surface area contributed by atoms with E-state index in [0.717, 1.165) is 35.9 Å². The molecular weight excluding hydrogens is 330 g/mol. The van der Waals surface area contributed by atoms with Crippen molar-refractivity contribution in [2.24, 2.45) is 10.2 Å². The molecule has 1 aromatic rings. The van der Waals surface area contributed by atoms with Crippen molar-refractivity contribution in [2.75, 3.05) is 6.61 Å². The number of benzene rings is 1. The first-order chi connectivity index (χ1) is 11.6.